The summed E-state index contributed by atoms with van der Waals surface area (Å²) in [6, 6.07) is 10.6. The van der Waals surface area contributed by atoms with Gasteiger partial charge in [0.2, 0.25) is 0 Å². The molecule has 4 bridgehead atoms. The van der Waals surface area contributed by atoms with Gasteiger partial charge in [-0.15, -0.1) is 0 Å². The lowest BCUT2D eigenvalue weighted by Gasteiger charge is -2.58. The van der Waals surface area contributed by atoms with E-state index in [0.717, 1.165) is 23.3 Å². The molecule has 1 unspecified atom stereocenters. The molecule has 8 heteroatoms. The lowest BCUT2D eigenvalue weighted by atomic mass is 9.47. The van der Waals surface area contributed by atoms with Crippen molar-refractivity contribution in [2.24, 2.45) is 17.8 Å². The van der Waals surface area contributed by atoms with Crippen molar-refractivity contribution in [2.75, 3.05) is 5.75 Å². The summed E-state index contributed by atoms with van der Waals surface area (Å²) < 4.78 is 26.2. The first-order valence-corrected chi connectivity index (χ1v) is 17.1. The summed E-state index contributed by atoms with van der Waals surface area (Å²) in [5.41, 5.74) is 4.10. The average Bonchev–Trinajstić information content (AvgIpc) is 2.90. The van der Waals surface area contributed by atoms with Crippen LogP contribution in [0.25, 0.3) is 0 Å². The Balaban J connectivity index is 1.19. The van der Waals surface area contributed by atoms with Crippen LogP contribution in [0.2, 0.25) is 0 Å². The molecule has 1 atom stereocenters. The van der Waals surface area contributed by atoms with E-state index in [4.69, 9.17) is 9.47 Å². The predicted molar refractivity (Wildman–Crippen MR) is 173 cm³/mol. The van der Waals surface area contributed by atoms with Crippen LogP contribution in [-0.4, -0.2) is 34.6 Å². The third-order valence-corrected chi connectivity index (χ3v) is 10.5. The minimum Gasteiger partial charge on any atom is -0.489 e. The SMILES string of the molecule is CC(C)(C)OC(=O)NC(CSCc1ccc(OCc2ccc(C34CC5CC(CC(C5)C3)C4)c(C(C)(C)C)c2)cc1F)C(=O)O. The highest BCUT2D eigenvalue weighted by atomic mass is 32.2. The van der Waals surface area contributed by atoms with Crippen molar-refractivity contribution >= 4 is 23.8 Å². The molecule has 0 saturated heterocycles. The summed E-state index contributed by atoms with van der Waals surface area (Å²) in [5.74, 6) is 1.87. The molecular weight excluding hydrogens is 577 g/mol. The minimum atomic E-state index is -1.17. The predicted octanol–water partition coefficient (Wildman–Crippen LogP) is 8.38. The Labute approximate surface area is 265 Å². The molecule has 0 aromatic heterocycles. The smallest absolute Gasteiger partial charge is 0.408 e. The fourth-order valence-electron chi connectivity index (χ4n) is 8.02. The number of nitrogens with one attached hydrogen (secondary N) is 1. The molecule has 2 aromatic carbocycles. The fourth-order valence-corrected chi connectivity index (χ4v) is 9.05. The highest BCUT2D eigenvalue weighted by Crippen LogP contribution is 2.61. The van der Waals surface area contributed by atoms with Crippen LogP contribution in [0.3, 0.4) is 0 Å². The third kappa shape index (κ3) is 7.72. The number of benzene rings is 2. The number of aliphatic carboxylic acids is 1. The highest BCUT2D eigenvalue weighted by Gasteiger charge is 2.52. The lowest BCUT2D eigenvalue weighted by molar-refractivity contribution is -0.138. The summed E-state index contributed by atoms with van der Waals surface area (Å²) in [7, 11) is 0. The van der Waals surface area contributed by atoms with E-state index < -0.39 is 29.5 Å². The molecule has 6 nitrogen and oxygen atoms in total. The second kappa shape index (κ2) is 12.6. The maximum atomic E-state index is 15.0. The van der Waals surface area contributed by atoms with Crippen molar-refractivity contribution in [2.45, 2.75) is 115 Å². The minimum absolute atomic E-state index is 0.0160. The normalized spacial score (nSPS) is 25.0. The number of carbonyl (C=O) groups is 2. The van der Waals surface area contributed by atoms with Crippen molar-refractivity contribution in [3.05, 3.63) is 64.5 Å². The Hall–Kier alpha value is -2.74. The van der Waals surface area contributed by atoms with Crippen LogP contribution in [0.4, 0.5) is 9.18 Å². The molecular formula is C36H48FNO5S. The summed E-state index contributed by atoms with van der Waals surface area (Å²) in [4.78, 5) is 23.6. The molecule has 0 radical (unpaired) electrons. The zero-order valence-electron chi connectivity index (χ0n) is 27.0. The van der Waals surface area contributed by atoms with Crippen molar-refractivity contribution in [1.29, 1.82) is 0 Å². The molecule has 2 aromatic rings. The number of carboxylic acids is 1. The molecule has 0 heterocycles. The number of carboxylic acid groups (broad SMARTS) is 1. The summed E-state index contributed by atoms with van der Waals surface area (Å²) in [5, 5.41) is 11.8. The molecule has 4 fully saturated rings. The van der Waals surface area contributed by atoms with Crippen LogP contribution < -0.4 is 10.1 Å². The summed E-state index contributed by atoms with van der Waals surface area (Å²) in [6.45, 7) is 12.4. The molecule has 4 aliphatic carbocycles. The van der Waals surface area contributed by atoms with Gasteiger partial charge in [-0.1, -0.05) is 45.0 Å². The van der Waals surface area contributed by atoms with E-state index in [2.05, 4.69) is 44.3 Å². The number of thioether (sulfide) groups is 1. The topological polar surface area (TPSA) is 84.9 Å². The van der Waals surface area contributed by atoms with Crippen LogP contribution in [0.15, 0.2) is 36.4 Å². The van der Waals surface area contributed by atoms with Crippen molar-refractivity contribution in [3.8, 4) is 5.75 Å². The molecule has 1 amide bonds. The van der Waals surface area contributed by atoms with Gasteiger partial charge in [-0.05, 0) is 116 Å². The molecule has 240 valence electrons. The van der Waals surface area contributed by atoms with Gasteiger partial charge in [-0.2, -0.15) is 11.8 Å². The second-order valence-corrected chi connectivity index (χ2v) is 16.5. The molecule has 0 spiro atoms. The maximum Gasteiger partial charge on any atom is 0.408 e. The quantitative estimate of drug-likeness (QED) is 0.276. The molecule has 0 aliphatic heterocycles. The second-order valence-electron chi connectivity index (χ2n) is 15.4. The number of ether oxygens (including phenoxy) is 2. The molecule has 4 saturated carbocycles. The van der Waals surface area contributed by atoms with Crippen molar-refractivity contribution in [1.82, 2.24) is 5.32 Å². The average molecular weight is 626 g/mol. The number of hydrogen-bond acceptors (Lipinski definition) is 5. The maximum absolute atomic E-state index is 15.0. The van der Waals surface area contributed by atoms with Gasteiger partial charge in [0.15, 0.2) is 0 Å². The van der Waals surface area contributed by atoms with Gasteiger partial charge in [-0.3, -0.25) is 0 Å². The van der Waals surface area contributed by atoms with E-state index in [1.165, 1.54) is 61.9 Å². The van der Waals surface area contributed by atoms with Crippen LogP contribution in [0.1, 0.15) is 102 Å². The largest absolute Gasteiger partial charge is 0.489 e. The molecule has 2 N–H and O–H groups in total. The first kappa shape index (κ1) is 32.6. The van der Waals surface area contributed by atoms with Gasteiger partial charge in [0.05, 0.1) is 0 Å². The number of amides is 1. The number of carbonyl (C=O) groups excluding carboxylic acids is 1. The zero-order chi connectivity index (χ0) is 31.9. The number of rotatable bonds is 10. The number of alkyl carbamates (subject to hydrolysis) is 1. The lowest BCUT2D eigenvalue weighted by Crippen LogP contribution is -2.49. The van der Waals surface area contributed by atoms with Gasteiger partial charge in [-0.25, -0.2) is 14.0 Å². The van der Waals surface area contributed by atoms with Crippen LogP contribution in [0, 0.1) is 23.6 Å². The number of halogens is 1. The molecule has 44 heavy (non-hydrogen) atoms. The summed E-state index contributed by atoms with van der Waals surface area (Å²) >= 11 is 1.23. The Morgan fingerprint density at radius 3 is 2.18 bits per heavy atom. The van der Waals surface area contributed by atoms with Gasteiger partial charge in [0.25, 0.3) is 0 Å². The Morgan fingerprint density at radius 1 is 1.00 bits per heavy atom. The van der Waals surface area contributed by atoms with Crippen molar-refractivity contribution < 1.29 is 28.6 Å². The van der Waals surface area contributed by atoms with Gasteiger partial charge < -0.3 is 19.9 Å². The molecule has 6 rings (SSSR count). The Kier molecular flexibility index (Phi) is 9.33. The summed E-state index contributed by atoms with van der Waals surface area (Å²) in [6.07, 6.45) is 7.49. The van der Waals surface area contributed by atoms with Gasteiger partial charge >= 0.3 is 12.1 Å². The molecule has 4 aliphatic rings. The van der Waals surface area contributed by atoms with Crippen LogP contribution >= 0.6 is 11.8 Å². The van der Waals surface area contributed by atoms with E-state index in [-0.39, 0.29) is 16.9 Å². The standard InChI is InChI=1S/C36H48FNO5S/c1-34(2,3)29-14-22(7-10-28(29)36-16-23-11-24(17-36)13-25(12-23)18-36)19-42-27-9-8-26(30(37)15-27)20-44-21-31(32(39)40)38-33(41)43-35(4,5)6/h7-10,14-15,23-25,31H,11-13,16-21H2,1-6H3,(H,38,41)(H,39,40). The van der Waals surface area contributed by atoms with Gasteiger partial charge in [0, 0.05) is 17.6 Å². The highest BCUT2D eigenvalue weighted by molar-refractivity contribution is 7.98. The Morgan fingerprint density at radius 2 is 1.64 bits per heavy atom. The third-order valence-electron chi connectivity index (χ3n) is 9.46. The van der Waals surface area contributed by atoms with E-state index in [9.17, 15) is 19.1 Å². The fraction of sp³-hybridized carbons (Fsp3) is 0.611. The van der Waals surface area contributed by atoms with E-state index in [1.54, 1.807) is 38.5 Å². The van der Waals surface area contributed by atoms with Crippen LogP contribution in [0.5, 0.6) is 5.75 Å². The first-order chi connectivity index (χ1) is 20.6. The zero-order valence-corrected chi connectivity index (χ0v) is 27.8. The first-order valence-electron chi connectivity index (χ1n) is 16.0. The number of hydrogen-bond donors (Lipinski definition) is 2. The monoisotopic (exact) mass is 625 g/mol. The van der Waals surface area contributed by atoms with Crippen molar-refractivity contribution in [3.63, 3.8) is 0 Å². The Bertz CT molecular complexity index is 1340. The van der Waals surface area contributed by atoms with E-state index >= 15 is 0 Å². The van der Waals surface area contributed by atoms with E-state index in [1.807, 2.05) is 0 Å². The van der Waals surface area contributed by atoms with Gasteiger partial charge in [0.1, 0.15) is 29.8 Å². The van der Waals surface area contributed by atoms with Crippen LogP contribution in [-0.2, 0) is 32.7 Å². The van der Waals surface area contributed by atoms with E-state index in [0.29, 0.717) is 23.3 Å².